The Kier molecular flexibility index (Phi) is 5.68. The van der Waals surface area contributed by atoms with Gasteiger partial charge in [0.15, 0.2) is 0 Å². The van der Waals surface area contributed by atoms with E-state index in [1.54, 1.807) is 11.8 Å². The van der Waals surface area contributed by atoms with E-state index in [1.165, 1.54) is 5.56 Å². The Balaban J connectivity index is 1.46. The highest BCUT2D eigenvalue weighted by Crippen LogP contribution is 2.32. The lowest BCUT2D eigenvalue weighted by Gasteiger charge is -2.31. The van der Waals surface area contributed by atoms with Crippen LogP contribution in [0.4, 0.5) is 9.59 Å². The molecule has 1 heterocycles. The summed E-state index contributed by atoms with van der Waals surface area (Å²) in [6.45, 7) is 3.39. The highest BCUT2D eigenvalue weighted by atomic mass is 35.5. The minimum absolute atomic E-state index is 0.0342. The molecule has 2 aliphatic rings. The van der Waals surface area contributed by atoms with E-state index in [0.29, 0.717) is 19.7 Å². The van der Waals surface area contributed by atoms with Crippen molar-refractivity contribution in [2.75, 3.05) is 19.7 Å². The predicted molar refractivity (Wildman–Crippen MR) is 95.8 cm³/mol. The van der Waals surface area contributed by atoms with Crippen molar-refractivity contribution in [3.63, 3.8) is 0 Å². The molecule has 3 rings (SSSR count). The van der Waals surface area contributed by atoms with E-state index < -0.39 is 0 Å². The third kappa shape index (κ3) is 4.37. The van der Waals surface area contributed by atoms with Crippen molar-refractivity contribution in [2.45, 2.75) is 44.7 Å². The molecule has 1 aromatic carbocycles. The van der Waals surface area contributed by atoms with E-state index >= 15 is 0 Å². The molecule has 1 aliphatic heterocycles. The highest BCUT2D eigenvalue weighted by molar-refractivity contribution is 6.30. The minimum atomic E-state index is -0.272. The Morgan fingerprint density at radius 1 is 1.24 bits per heavy atom. The number of halogens is 1. The third-order valence-corrected chi connectivity index (χ3v) is 5.08. The lowest BCUT2D eigenvalue weighted by atomic mass is 10.1. The number of carbonyl (C=O) groups is 2. The normalized spacial score (nSPS) is 20.1. The molecular formula is C18H24ClN3O3. The van der Waals surface area contributed by atoms with Gasteiger partial charge in [-0.1, -0.05) is 17.7 Å². The molecule has 1 aromatic rings. The van der Waals surface area contributed by atoms with Crippen LogP contribution in [0.5, 0.6) is 0 Å². The molecule has 0 aromatic heterocycles. The van der Waals surface area contributed by atoms with Gasteiger partial charge in [0.05, 0.1) is 12.6 Å². The Hall–Kier alpha value is -1.95. The van der Waals surface area contributed by atoms with Crippen LogP contribution >= 0.6 is 11.6 Å². The van der Waals surface area contributed by atoms with Crippen LogP contribution in [0.3, 0.4) is 0 Å². The Bertz CT molecular complexity index is 644. The molecule has 1 unspecified atom stereocenters. The monoisotopic (exact) mass is 365 g/mol. The number of benzene rings is 1. The molecule has 0 radical (unpaired) electrons. The van der Waals surface area contributed by atoms with Gasteiger partial charge in [0.2, 0.25) is 0 Å². The molecule has 0 spiro atoms. The fourth-order valence-corrected chi connectivity index (χ4v) is 3.74. The number of piperidine rings is 1. The summed E-state index contributed by atoms with van der Waals surface area (Å²) in [4.78, 5) is 25.7. The molecule has 136 valence electrons. The number of aryl methyl sites for hydroxylation is 1. The topological polar surface area (TPSA) is 70.7 Å². The average Bonchev–Trinajstić information content (AvgIpc) is 2.97. The third-order valence-electron chi connectivity index (χ3n) is 4.84. The Labute approximate surface area is 152 Å². The van der Waals surface area contributed by atoms with Crippen molar-refractivity contribution in [1.29, 1.82) is 0 Å². The van der Waals surface area contributed by atoms with Crippen LogP contribution in [0.1, 0.15) is 43.4 Å². The van der Waals surface area contributed by atoms with Crippen molar-refractivity contribution >= 4 is 23.7 Å². The summed E-state index contributed by atoms with van der Waals surface area (Å²) in [6, 6.07) is 5.80. The van der Waals surface area contributed by atoms with E-state index in [1.807, 2.05) is 18.2 Å². The Morgan fingerprint density at radius 3 is 2.72 bits per heavy atom. The molecule has 6 nitrogen and oxygen atoms in total. The summed E-state index contributed by atoms with van der Waals surface area (Å²) in [6.07, 6.45) is 3.03. The van der Waals surface area contributed by atoms with E-state index in [-0.39, 0.29) is 24.2 Å². The van der Waals surface area contributed by atoms with Gasteiger partial charge in [0.1, 0.15) is 0 Å². The van der Waals surface area contributed by atoms with Gasteiger partial charge >= 0.3 is 12.1 Å². The largest absolute Gasteiger partial charge is 0.450 e. The second kappa shape index (κ2) is 7.95. The van der Waals surface area contributed by atoms with Crippen molar-refractivity contribution in [3.8, 4) is 0 Å². The van der Waals surface area contributed by atoms with E-state index in [2.05, 4.69) is 10.6 Å². The summed E-state index contributed by atoms with van der Waals surface area (Å²) in [5, 5.41) is 6.82. The molecule has 1 aliphatic carbocycles. The maximum Gasteiger partial charge on any atom is 0.409 e. The smallest absolute Gasteiger partial charge is 0.409 e. The number of carbonyl (C=O) groups excluding carboxylic acids is 2. The summed E-state index contributed by atoms with van der Waals surface area (Å²) in [7, 11) is 0. The molecule has 1 atom stereocenters. The summed E-state index contributed by atoms with van der Waals surface area (Å²) in [5.74, 6) is 0. The number of urea groups is 1. The number of amides is 3. The fraction of sp³-hybridized carbons (Fsp3) is 0.556. The number of hydrogen-bond acceptors (Lipinski definition) is 3. The standard InChI is InChI=1S/C18H24ClN3O3/c1-2-25-18(24)22-9-7-14(8-10-22)20-17(23)21-16-6-3-12-11-13(19)4-5-15(12)16/h4-5,11,14,16H,2-3,6-10H2,1H3,(H2,20,21,23). The average molecular weight is 366 g/mol. The first-order chi connectivity index (χ1) is 12.1. The predicted octanol–water partition coefficient (Wildman–Crippen LogP) is 3.25. The van der Waals surface area contributed by atoms with Crippen LogP contribution < -0.4 is 10.6 Å². The zero-order valence-electron chi connectivity index (χ0n) is 14.4. The van der Waals surface area contributed by atoms with Crippen LogP contribution in [0, 0.1) is 0 Å². The van der Waals surface area contributed by atoms with Crippen LogP contribution in [0.2, 0.25) is 5.02 Å². The highest BCUT2D eigenvalue weighted by Gasteiger charge is 2.27. The molecule has 2 N–H and O–H groups in total. The quantitative estimate of drug-likeness (QED) is 0.863. The van der Waals surface area contributed by atoms with Gasteiger partial charge in [-0.15, -0.1) is 0 Å². The lowest BCUT2D eigenvalue weighted by Crippen LogP contribution is -2.49. The Morgan fingerprint density at radius 2 is 2.00 bits per heavy atom. The molecule has 25 heavy (non-hydrogen) atoms. The van der Waals surface area contributed by atoms with Gasteiger partial charge in [-0.05, 0) is 55.9 Å². The van der Waals surface area contributed by atoms with Crippen LogP contribution in [-0.4, -0.2) is 42.8 Å². The van der Waals surface area contributed by atoms with Crippen LogP contribution in [0.15, 0.2) is 18.2 Å². The molecule has 1 fully saturated rings. The number of likely N-dealkylation sites (tertiary alicyclic amines) is 1. The first kappa shape index (κ1) is 17.9. The maximum atomic E-state index is 12.3. The van der Waals surface area contributed by atoms with Crippen molar-refractivity contribution in [3.05, 3.63) is 34.3 Å². The number of hydrogen-bond donors (Lipinski definition) is 2. The number of nitrogens with one attached hydrogen (secondary N) is 2. The number of fused-ring (bicyclic) bond motifs is 1. The van der Waals surface area contributed by atoms with Gasteiger partial charge in [0, 0.05) is 24.2 Å². The maximum absolute atomic E-state index is 12.3. The molecular weight excluding hydrogens is 342 g/mol. The number of rotatable bonds is 3. The molecule has 0 bridgehead atoms. The van der Waals surface area contributed by atoms with Crippen molar-refractivity contribution in [2.24, 2.45) is 0 Å². The van der Waals surface area contributed by atoms with Gasteiger partial charge in [-0.2, -0.15) is 0 Å². The SMILES string of the molecule is CCOC(=O)N1CCC(NC(=O)NC2CCc3cc(Cl)ccc32)CC1. The zero-order valence-corrected chi connectivity index (χ0v) is 15.1. The van der Waals surface area contributed by atoms with E-state index in [9.17, 15) is 9.59 Å². The molecule has 0 saturated carbocycles. The molecule has 7 heteroatoms. The summed E-state index contributed by atoms with van der Waals surface area (Å²) in [5.41, 5.74) is 2.36. The van der Waals surface area contributed by atoms with E-state index in [4.69, 9.17) is 16.3 Å². The summed E-state index contributed by atoms with van der Waals surface area (Å²) < 4.78 is 5.01. The second-order valence-electron chi connectivity index (χ2n) is 6.51. The van der Waals surface area contributed by atoms with Gasteiger partial charge in [-0.25, -0.2) is 9.59 Å². The van der Waals surface area contributed by atoms with Crippen LogP contribution in [-0.2, 0) is 11.2 Å². The second-order valence-corrected chi connectivity index (χ2v) is 6.95. The lowest BCUT2D eigenvalue weighted by molar-refractivity contribution is 0.0957. The first-order valence-corrected chi connectivity index (χ1v) is 9.21. The number of nitrogens with zero attached hydrogens (tertiary/aromatic N) is 1. The molecule has 3 amide bonds. The zero-order chi connectivity index (χ0) is 17.8. The van der Waals surface area contributed by atoms with Crippen molar-refractivity contribution < 1.29 is 14.3 Å². The van der Waals surface area contributed by atoms with E-state index in [0.717, 1.165) is 36.3 Å². The van der Waals surface area contributed by atoms with Crippen molar-refractivity contribution in [1.82, 2.24) is 15.5 Å². The fourth-order valence-electron chi connectivity index (χ4n) is 3.54. The summed E-state index contributed by atoms with van der Waals surface area (Å²) >= 11 is 6.02. The minimum Gasteiger partial charge on any atom is -0.450 e. The number of ether oxygens (including phenoxy) is 1. The van der Waals surface area contributed by atoms with Crippen LogP contribution in [0.25, 0.3) is 0 Å². The van der Waals surface area contributed by atoms with Gasteiger partial charge in [-0.3, -0.25) is 0 Å². The van der Waals surface area contributed by atoms with Gasteiger partial charge < -0.3 is 20.3 Å². The first-order valence-electron chi connectivity index (χ1n) is 8.84. The molecule has 1 saturated heterocycles. The van der Waals surface area contributed by atoms with Gasteiger partial charge in [0.25, 0.3) is 0 Å².